The quantitative estimate of drug-likeness (QED) is 0.252. The van der Waals surface area contributed by atoms with Gasteiger partial charge in [0, 0.05) is 12.6 Å². The number of nitrogens with one attached hydrogen (secondary N) is 1. The summed E-state index contributed by atoms with van der Waals surface area (Å²) in [6.45, 7) is 1.49. The maximum Gasteiger partial charge on any atom is 0.350 e. The number of ether oxygens (including phenoxy) is 2. The van der Waals surface area contributed by atoms with Gasteiger partial charge in [-0.25, -0.2) is 4.98 Å². The third kappa shape index (κ3) is 5.00. The molecule has 0 spiro atoms. The lowest BCUT2D eigenvalue weighted by Crippen LogP contribution is -2.33. The molecule has 4 rings (SSSR count). The lowest BCUT2D eigenvalue weighted by atomic mass is 10.1. The van der Waals surface area contributed by atoms with Crippen LogP contribution in [0, 0.1) is 0 Å². The highest BCUT2D eigenvalue weighted by Gasteiger charge is 2.44. The monoisotopic (exact) mass is 478 g/mol. The Labute approximate surface area is 182 Å². The molecular weight excluding hydrogens is 455 g/mol. The summed E-state index contributed by atoms with van der Waals surface area (Å²) in [5, 5.41) is 24.1. The molecule has 0 amide bonds. The number of hydrogen-bond donors (Lipinski definition) is 5. The first kappa shape index (κ1) is 22.8. The largest absolute Gasteiger partial charge is 0.387 e. The highest BCUT2D eigenvalue weighted by Crippen LogP contribution is 2.36. The molecule has 0 radical (unpaired) electrons. The molecule has 4 heterocycles. The number of halogens is 1. The molecular formula is C16H24ClN6O7P. The van der Waals surface area contributed by atoms with Gasteiger partial charge in [-0.2, -0.15) is 9.97 Å². The van der Waals surface area contributed by atoms with E-state index in [-0.39, 0.29) is 17.9 Å². The van der Waals surface area contributed by atoms with Crippen LogP contribution >= 0.6 is 19.2 Å². The van der Waals surface area contributed by atoms with Crippen molar-refractivity contribution in [2.24, 2.45) is 0 Å². The minimum absolute atomic E-state index is 0.0161. The molecule has 0 aliphatic carbocycles. The van der Waals surface area contributed by atoms with Gasteiger partial charge < -0.3 is 39.7 Å². The normalized spacial score (nSPS) is 29.8. The van der Waals surface area contributed by atoms with E-state index in [1.54, 1.807) is 0 Å². The van der Waals surface area contributed by atoms with Gasteiger partial charge in [0.25, 0.3) is 0 Å². The van der Waals surface area contributed by atoms with Crippen molar-refractivity contribution in [1.82, 2.24) is 24.4 Å². The molecule has 13 nitrogen and oxygen atoms in total. The summed E-state index contributed by atoms with van der Waals surface area (Å²) in [5.41, 5.74) is 0.743. The summed E-state index contributed by atoms with van der Waals surface area (Å²) in [7, 11) is -2.33. The van der Waals surface area contributed by atoms with E-state index < -0.39 is 38.5 Å². The molecule has 0 aromatic carbocycles. The Morgan fingerprint density at radius 3 is 2.81 bits per heavy atom. The summed E-state index contributed by atoms with van der Waals surface area (Å²) < 4.78 is 23.0. The van der Waals surface area contributed by atoms with Crippen LogP contribution < -0.4 is 5.32 Å². The number of aliphatic hydroxyl groups excluding tert-OH is 2. The second-order valence-electron chi connectivity index (χ2n) is 7.77. The number of likely N-dealkylation sites (tertiary alicyclic amines) is 1. The fourth-order valence-electron chi connectivity index (χ4n) is 3.81. The third-order valence-corrected chi connectivity index (χ3v) is 5.97. The highest BCUT2D eigenvalue weighted by molar-refractivity contribution is 7.51. The number of imidazole rings is 1. The number of nitrogens with zero attached hydrogens (tertiary/aromatic N) is 5. The first-order valence-corrected chi connectivity index (χ1v) is 11.8. The Morgan fingerprint density at radius 2 is 2.13 bits per heavy atom. The maximum atomic E-state index is 10.9. The molecule has 2 aromatic rings. The first-order valence-electron chi connectivity index (χ1n) is 9.61. The molecule has 5 atom stereocenters. The second kappa shape index (κ2) is 8.85. The van der Waals surface area contributed by atoms with Gasteiger partial charge in [-0.1, -0.05) is 0 Å². The second-order valence-corrected chi connectivity index (χ2v) is 9.69. The average molecular weight is 479 g/mol. The maximum absolute atomic E-state index is 10.9. The SMILES string of the molecule is CN1CCC(Nc2nc(Cl)nc3c2ncn3[C@@H]2O[C@H](COCP(=O)(O)O)[C@@H](O)[C@H]2O)C1. The van der Waals surface area contributed by atoms with Crippen LogP contribution in [0.25, 0.3) is 11.2 Å². The van der Waals surface area contributed by atoms with Gasteiger partial charge >= 0.3 is 7.60 Å². The van der Waals surface area contributed by atoms with Gasteiger partial charge in [0.05, 0.1) is 12.9 Å². The predicted octanol–water partition coefficient (Wildman–Crippen LogP) is -0.633. The van der Waals surface area contributed by atoms with Crippen molar-refractivity contribution in [3.8, 4) is 0 Å². The Balaban J connectivity index is 1.54. The van der Waals surface area contributed by atoms with Gasteiger partial charge in [-0.05, 0) is 31.6 Å². The van der Waals surface area contributed by atoms with Crippen molar-refractivity contribution < 1.29 is 34.0 Å². The van der Waals surface area contributed by atoms with E-state index in [9.17, 15) is 14.8 Å². The summed E-state index contributed by atoms with van der Waals surface area (Å²) in [6, 6.07) is 0.176. The molecule has 172 valence electrons. The first-order chi connectivity index (χ1) is 14.6. The fourth-order valence-corrected chi connectivity index (χ4v) is 4.32. The molecule has 2 fully saturated rings. The van der Waals surface area contributed by atoms with Crippen LogP contribution in [-0.2, 0) is 14.0 Å². The van der Waals surface area contributed by atoms with Gasteiger partial charge in [0.2, 0.25) is 5.28 Å². The summed E-state index contributed by atoms with van der Waals surface area (Å²) in [6.07, 6.45) is -3.23. The smallest absolute Gasteiger partial charge is 0.350 e. The number of aromatic nitrogens is 4. The van der Waals surface area contributed by atoms with E-state index in [1.165, 1.54) is 10.9 Å². The van der Waals surface area contributed by atoms with Crippen molar-refractivity contribution in [2.45, 2.75) is 37.0 Å². The van der Waals surface area contributed by atoms with Gasteiger partial charge in [0.15, 0.2) is 23.2 Å². The van der Waals surface area contributed by atoms with Crippen LogP contribution in [-0.4, -0.2) is 102 Å². The number of anilines is 1. The Morgan fingerprint density at radius 1 is 1.35 bits per heavy atom. The van der Waals surface area contributed by atoms with Gasteiger partial charge in [-0.3, -0.25) is 9.13 Å². The van der Waals surface area contributed by atoms with E-state index in [0.717, 1.165) is 19.5 Å². The van der Waals surface area contributed by atoms with Gasteiger partial charge in [-0.15, -0.1) is 0 Å². The van der Waals surface area contributed by atoms with Gasteiger partial charge in [0.1, 0.15) is 24.7 Å². The molecule has 0 saturated carbocycles. The topological polar surface area (TPSA) is 175 Å². The Bertz CT molecular complexity index is 989. The standard InChI is InChI=1S/C16H24ClN6O7P/c1-22-3-2-8(4-22)19-13-10-14(21-16(17)20-13)23(6-18-10)15-12(25)11(24)9(30-15)5-29-7-31(26,27)28/h6,8-9,11-12,15,24-25H,2-5,7H2,1H3,(H,19,20,21)(H2,26,27,28)/t8?,9-,11-,12-,15-/m1/s1. The van der Waals surface area contributed by atoms with Crippen molar-refractivity contribution in [2.75, 3.05) is 38.4 Å². The van der Waals surface area contributed by atoms with Crippen LogP contribution in [0.5, 0.6) is 0 Å². The molecule has 2 saturated heterocycles. The molecule has 2 aliphatic rings. The molecule has 2 aromatic heterocycles. The van der Waals surface area contributed by atoms with Crippen molar-refractivity contribution in [1.29, 1.82) is 0 Å². The van der Waals surface area contributed by atoms with E-state index in [0.29, 0.717) is 17.0 Å². The van der Waals surface area contributed by atoms with Crippen LogP contribution in [0.2, 0.25) is 5.28 Å². The zero-order valence-corrected chi connectivity index (χ0v) is 18.2. The zero-order chi connectivity index (χ0) is 22.3. The number of fused-ring (bicyclic) bond motifs is 1. The fraction of sp³-hybridized carbons (Fsp3) is 0.688. The Hall–Kier alpha value is -1.41. The van der Waals surface area contributed by atoms with Crippen molar-refractivity contribution >= 4 is 36.2 Å². The zero-order valence-electron chi connectivity index (χ0n) is 16.6. The summed E-state index contributed by atoms with van der Waals surface area (Å²) in [5.74, 6) is 0.462. The van der Waals surface area contributed by atoms with E-state index in [4.69, 9.17) is 30.9 Å². The van der Waals surface area contributed by atoms with Crippen LogP contribution in [0.4, 0.5) is 5.82 Å². The Kier molecular flexibility index (Phi) is 6.50. The predicted molar refractivity (Wildman–Crippen MR) is 109 cm³/mol. The molecule has 0 bridgehead atoms. The van der Waals surface area contributed by atoms with Crippen LogP contribution in [0.3, 0.4) is 0 Å². The summed E-state index contributed by atoms with van der Waals surface area (Å²) in [4.78, 5) is 32.7. The molecule has 31 heavy (non-hydrogen) atoms. The lowest BCUT2D eigenvalue weighted by molar-refractivity contribution is -0.0612. The highest BCUT2D eigenvalue weighted by atomic mass is 35.5. The lowest BCUT2D eigenvalue weighted by Gasteiger charge is -2.17. The number of likely N-dealkylation sites (N-methyl/N-ethyl adjacent to an activating group) is 1. The minimum Gasteiger partial charge on any atom is -0.387 e. The molecule has 2 aliphatic heterocycles. The number of rotatable bonds is 7. The summed E-state index contributed by atoms with van der Waals surface area (Å²) >= 11 is 6.12. The molecule has 15 heteroatoms. The number of aliphatic hydroxyl groups is 2. The van der Waals surface area contributed by atoms with Crippen molar-refractivity contribution in [3.05, 3.63) is 11.6 Å². The van der Waals surface area contributed by atoms with E-state index >= 15 is 0 Å². The third-order valence-electron chi connectivity index (χ3n) is 5.28. The van der Waals surface area contributed by atoms with Crippen LogP contribution in [0.15, 0.2) is 6.33 Å². The van der Waals surface area contributed by atoms with E-state index in [2.05, 4.69) is 25.2 Å². The van der Waals surface area contributed by atoms with Crippen LogP contribution in [0.1, 0.15) is 12.6 Å². The molecule has 1 unspecified atom stereocenters. The van der Waals surface area contributed by atoms with E-state index in [1.807, 2.05) is 7.05 Å². The number of hydrogen-bond acceptors (Lipinski definition) is 10. The van der Waals surface area contributed by atoms with Crippen molar-refractivity contribution in [3.63, 3.8) is 0 Å². The molecule has 5 N–H and O–H groups in total. The minimum atomic E-state index is -4.36. The average Bonchev–Trinajstić information content (AvgIpc) is 3.35.